The summed E-state index contributed by atoms with van der Waals surface area (Å²) in [4.78, 5) is 0. The van der Waals surface area contributed by atoms with Gasteiger partial charge in [0, 0.05) is 32.6 Å². The second-order valence-corrected chi connectivity index (χ2v) is 6.44. The third kappa shape index (κ3) is 2.93. The van der Waals surface area contributed by atoms with Crippen molar-refractivity contribution in [2.75, 3.05) is 0 Å². The molecule has 1 heteroatoms. The second kappa shape index (κ2) is 6.67. The normalized spacial score (nSPS) is 16.5. The summed E-state index contributed by atoms with van der Waals surface area (Å²) >= 11 is 0. The fraction of sp³-hybridized carbons (Fsp3) is 0.286. The van der Waals surface area contributed by atoms with Gasteiger partial charge in [0.05, 0.1) is 0 Å². The van der Waals surface area contributed by atoms with Crippen LogP contribution in [0.4, 0.5) is 0 Å². The second-order valence-electron chi connectivity index (χ2n) is 6.44. The molecule has 0 saturated carbocycles. The summed E-state index contributed by atoms with van der Waals surface area (Å²) in [5.41, 5.74) is 9.03. The minimum atomic E-state index is 0. The fourth-order valence-corrected chi connectivity index (χ4v) is 3.75. The number of hydrogen-bond acceptors (Lipinski definition) is 0. The van der Waals surface area contributed by atoms with Crippen LogP contribution in [-0.4, -0.2) is 0 Å². The zero-order chi connectivity index (χ0) is 14.2. The quantitative estimate of drug-likeness (QED) is 0.692. The Bertz CT molecular complexity index is 697. The molecule has 0 nitrogen and oxygen atoms in total. The first-order chi connectivity index (χ1) is 10.3. The third-order valence-electron chi connectivity index (χ3n) is 4.97. The minimum absolute atomic E-state index is 0. The van der Waals surface area contributed by atoms with Gasteiger partial charge >= 0.3 is 0 Å². The molecule has 1 radical (unpaired) electrons. The summed E-state index contributed by atoms with van der Waals surface area (Å²) in [6, 6.07) is 15.8. The Balaban J connectivity index is 0.00000144. The van der Waals surface area contributed by atoms with Crippen LogP contribution in [0.1, 0.15) is 53.5 Å². The first-order valence-corrected chi connectivity index (χ1v) is 8.06. The van der Waals surface area contributed by atoms with Crippen molar-refractivity contribution < 1.29 is 26.2 Å². The van der Waals surface area contributed by atoms with Gasteiger partial charge in [-0.2, -0.15) is 0 Å². The van der Waals surface area contributed by atoms with Gasteiger partial charge in [0.2, 0.25) is 0 Å². The van der Waals surface area contributed by atoms with E-state index in [0.717, 1.165) is 6.42 Å². The van der Waals surface area contributed by atoms with Crippen molar-refractivity contribution in [1.82, 2.24) is 0 Å². The van der Waals surface area contributed by atoms with Gasteiger partial charge < -0.3 is 0 Å². The zero-order valence-corrected chi connectivity index (χ0v) is 15.6. The molecule has 0 amide bonds. The molecule has 2 aliphatic carbocycles. The van der Waals surface area contributed by atoms with Crippen molar-refractivity contribution in [3.63, 3.8) is 0 Å². The van der Waals surface area contributed by atoms with E-state index < -0.39 is 0 Å². The van der Waals surface area contributed by atoms with Gasteiger partial charge in [0.25, 0.3) is 0 Å². The van der Waals surface area contributed by atoms with E-state index in [1.807, 2.05) is 0 Å². The number of benzene rings is 2. The van der Waals surface area contributed by atoms with Gasteiger partial charge in [-0.15, -0.1) is 0 Å². The SMILES string of the molecule is CC(CC1=C[CH]c2cc3c(cc21)CCC3)c1ccccc1.[Zr]. The molecule has 0 spiro atoms. The topological polar surface area (TPSA) is 0 Å². The molecule has 0 saturated heterocycles. The summed E-state index contributed by atoms with van der Waals surface area (Å²) in [7, 11) is 0. The Morgan fingerprint density at radius 1 is 1.00 bits per heavy atom. The molecule has 0 fully saturated rings. The van der Waals surface area contributed by atoms with Gasteiger partial charge in [0.1, 0.15) is 0 Å². The van der Waals surface area contributed by atoms with Gasteiger partial charge in [-0.3, -0.25) is 0 Å². The first-order valence-electron chi connectivity index (χ1n) is 8.06. The first kappa shape index (κ1) is 15.9. The summed E-state index contributed by atoms with van der Waals surface area (Å²) in [6.45, 7) is 2.33. The van der Waals surface area contributed by atoms with E-state index in [-0.39, 0.29) is 26.2 Å². The van der Waals surface area contributed by atoms with Crippen LogP contribution in [0.2, 0.25) is 0 Å². The number of allylic oxidation sites excluding steroid dienone is 2. The summed E-state index contributed by atoms with van der Waals surface area (Å²) in [5, 5.41) is 0. The number of aryl methyl sites for hydroxylation is 2. The Morgan fingerprint density at radius 2 is 1.73 bits per heavy atom. The van der Waals surface area contributed by atoms with Gasteiger partial charge in [-0.25, -0.2) is 0 Å². The molecule has 4 rings (SSSR count). The van der Waals surface area contributed by atoms with E-state index in [1.54, 1.807) is 11.1 Å². The van der Waals surface area contributed by atoms with Crippen LogP contribution in [-0.2, 0) is 39.0 Å². The fourth-order valence-electron chi connectivity index (χ4n) is 3.75. The molecular weight excluding hydrogens is 343 g/mol. The van der Waals surface area contributed by atoms with Crippen molar-refractivity contribution in [2.45, 2.75) is 38.5 Å². The Hall–Kier alpha value is -0.937. The monoisotopic (exact) mass is 363 g/mol. The van der Waals surface area contributed by atoms with Crippen LogP contribution < -0.4 is 0 Å². The summed E-state index contributed by atoms with van der Waals surface area (Å²) in [6.07, 6.45) is 9.64. The summed E-state index contributed by atoms with van der Waals surface area (Å²) in [5.74, 6) is 0.574. The van der Waals surface area contributed by atoms with Crippen molar-refractivity contribution in [2.24, 2.45) is 0 Å². The van der Waals surface area contributed by atoms with E-state index in [1.165, 1.54) is 41.5 Å². The predicted octanol–water partition coefficient (Wildman–Crippen LogP) is 5.32. The average molecular weight is 365 g/mol. The van der Waals surface area contributed by atoms with Crippen LogP contribution >= 0.6 is 0 Å². The maximum atomic E-state index is 2.46. The van der Waals surface area contributed by atoms with E-state index in [0.29, 0.717) is 5.92 Å². The van der Waals surface area contributed by atoms with E-state index >= 15 is 0 Å². The number of hydrogen-bond donors (Lipinski definition) is 0. The van der Waals surface area contributed by atoms with Gasteiger partial charge in [0.15, 0.2) is 0 Å². The minimum Gasteiger partial charge on any atom is -0.0722 e. The average Bonchev–Trinajstić information content (AvgIpc) is 3.13. The van der Waals surface area contributed by atoms with Crippen molar-refractivity contribution in [1.29, 1.82) is 0 Å². The van der Waals surface area contributed by atoms with Crippen molar-refractivity contribution >= 4 is 5.57 Å². The molecule has 109 valence electrons. The van der Waals surface area contributed by atoms with Crippen LogP contribution in [0.5, 0.6) is 0 Å². The van der Waals surface area contributed by atoms with E-state index in [4.69, 9.17) is 0 Å². The number of fused-ring (bicyclic) bond motifs is 2. The van der Waals surface area contributed by atoms with Crippen LogP contribution in [0.15, 0.2) is 48.5 Å². The maximum absolute atomic E-state index is 2.46. The number of rotatable bonds is 3. The Morgan fingerprint density at radius 3 is 2.50 bits per heavy atom. The van der Waals surface area contributed by atoms with Crippen molar-refractivity contribution in [3.05, 3.63) is 82.8 Å². The smallest absolute Gasteiger partial charge is 0.0134 e. The summed E-state index contributed by atoms with van der Waals surface area (Å²) < 4.78 is 0. The molecule has 2 aromatic rings. The molecule has 0 heterocycles. The Kier molecular flexibility index (Phi) is 4.83. The predicted molar refractivity (Wildman–Crippen MR) is 89.3 cm³/mol. The molecule has 2 aromatic carbocycles. The standard InChI is InChI=1S/C21H21.Zr/c1-15(16-6-3-2-4-7-16)12-19-10-11-20-13-17-8-5-9-18(17)14-21(19)20;/h2-4,6-7,10-11,13-15H,5,8-9,12H2,1H3;. The van der Waals surface area contributed by atoms with Crippen LogP contribution in [0.25, 0.3) is 5.57 Å². The van der Waals surface area contributed by atoms with Crippen LogP contribution in [0, 0.1) is 6.42 Å². The molecule has 0 aliphatic heterocycles. The molecular formula is C21H21Zr. The molecule has 0 N–H and O–H groups in total. The molecule has 2 aliphatic rings. The maximum Gasteiger partial charge on any atom is 0.0134 e. The molecule has 0 bridgehead atoms. The van der Waals surface area contributed by atoms with Gasteiger partial charge in [-0.1, -0.05) is 55.5 Å². The van der Waals surface area contributed by atoms with E-state index in [2.05, 4.69) is 61.9 Å². The van der Waals surface area contributed by atoms with Crippen molar-refractivity contribution in [3.8, 4) is 0 Å². The zero-order valence-electron chi connectivity index (χ0n) is 13.1. The third-order valence-corrected chi connectivity index (χ3v) is 4.97. The molecule has 1 unspecified atom stereocenters. The molecule has 22 heavy (non-hydrogen) atoms. The van der Waals surface area contributed by atoms with E-state index in [9.17, 15) is 0 Å². The molecule has 0 aromatic heterocycles. The van der Waals surface area contributed by atoms with Gasteiger partial charge in [-0.05, 0) is 65.0 Å². The van der Waals surface area contributed by atoms with Crippen LogP contribution in [0.3, 0.4) is 0 Å². The Labute approximate surface area is 152 Å². The largest absolute Gasteiger partial charge is 0.0722 e. The molecule has 1 atom stereocenters.